The Morgan fingerprint density at radius 2 is 1.73 bits per heavy atom. The highest BCUT2D eigenvalue weighted by Gasteiger charge is 2.20. The Morgan fingerprint density at radius 3 is 2.40 bits per heavy atom. The van der Waals surface area contributed by atoms with Crippen LogP contribution in [0.2, 0.25) is 0 Å². The van der Waals surface area contributed by atoms with Crippen molar-refractivity contribution in [3.8, 4) is 11.5 Å². The molecular weight excluding hydrogens is 380 g/mol. The summed E-state index contributed by atoms with van der Waals surface area (Å²) in [5.41, 5.74) is 1.20. The molecule has 0 unspecified atom stereocenters. The van der Waals surface area contributed by atoms with Gasteiger partial charge in [-0.3, -0.25) is 4.99 Å². The first-order chi connectivity index (χ1) is 14.7. The van der Waals surface area contributed by atoms with Gasteiger partial charge in [0.15, 0.2) is 17.5 Å². The van der Waals surface area contributed by atoms with E-state index in [0.29, 0.717) is 13.2 Å². The van der Waals surface area contributed by atoms with Crippen molar-refractivity contribution in [2.75, 3.05) is 57.9 Å². The number of aromatic nitrogens is 2. The lowest BCUT2D eigenvalue weighted by Crippen LogP contribution is -2.53. The van der Waals surface area contributed by atoms with Crippen molar-refractivity contribution in [1.82, 2.24) is 20.2 Å². The van der Waals surface area contributed by atoms with E-state index in [2.05, 4.69) is 42.2 Å². The number of benzene rings is 1. The molecule has 0 spiro atoms. The summed E-state index contributed by atoms with van der Waals surface area (Å²) in [5.74, 6) is 3.33. The molecule has 162 valence electrons. The molecule has 8 nitrogen and oxygen atoms in total. The fourth-order valence-corrected chi connectivity index (χ4v) is 3.47. The number of rotatable bonds is 8. The van der Waals surface area contributed by atoms with Crippen LogP contribution in [0.3, 0.4) is 0 Å². The van der Waals surface area contributed by atoms with E-state index in [1.807, 2.05) is 33.0 Å². The van der Waals surface area contributed by atoms with Gasteiger partial charge in [0.1, 0.15) is 0 Å². The largest absolute Gasteiger partial charge is 0.490 e. The van der Waals surface area contributed by atoms with Crippen molar-refractivity contribution in [2.45, 2.75) is 20.3 Å². The molecular formula is C22H32N6O2. The van der Waals surface area contributed by atoms with Crippen LogP contribution in [0.4, 0.5) is 5.95 Å². The summed E-state index contributed by atoms with van der Waals surface area (Å²) >= 11 is 0. The van der Waals surface area contributed by atoms with Crippen molar-refractivity contribution >= 4 is 11.9 Å². The van der Waals surface area contributed by atoms with Crippen molar-refractivity contribution < 1.29 is 9.47 Å². The highest BCUT2D eigenvalue weighted by atomic mass is 16.5. The standard InChI is InChI=1S/C22H32N6O2/c1-4-29-19-8-7-18(17-20(19)30-5-2)9-12-26-21(23-3)27-13-15-28(16-14-27)22-24-10-6-11-25-22/h6-8,10-11,17H,4-5,9,12-16H2,1-3H3,(H,23,26). The summed E-state index contributed by atoms with van der Waals surface area (Å²) in [6.07, 6.45) is 4.45. The highest BCUT2D eigenvalue weighted by Crippen LogP contribution is 2.28. The molecule has 0 atom stereocenters. The van der Waals surface area contributed by atoms with Gasteiger partial charge in [-0.15, -0.1) is 0 Å². The summed E-state index contributed by atoms with van der Waals surface area (Å²) in [7, 11) is 1.83. The zero-order chi connectivity index (χ0) is 21.2. The smallest absolute Gasteiger partial charge is 0.225 e. The Hall–Kier alpha value is -3.03. The van der Waals surface area contributed by atoms with Gasteiger partial charge >= 0.3 is 0 Å². The average molecular weight is 413 g/mol. The van der Waals surface area contributed by atoms with Crippen LogP contribution in [0.5, 0.6) is 11.5 Å². The molecule has 2 heterocycles. The van der Waals surface area contributed by atoms with Crippen LogP contribution < -0.4 is 19.7 Å². The molecule has 1 aliphatic rings. The second kappa shape index (κ2) is 11.2. The number of aliphatic imine (C=N–C) groups is 1. The molecule has 1 aromatic carbocycles. The molecule has 1 saturated heterocycles. The van der Waals surface area contributed by atoms with Crippen molar-refractivity contribution in [2.24, 2.45) is 4.99 Å². The zero-order valence-electron chi connectivity index (χ0n) is 18.2. The van der Waals surface area contributed by atoms with Gasteiger partial charge in [-0.2, -0.15) is 0 Å². The van der Waals surface area contributed by atoms with Crippen LogP contribution in [0.1, 0.15) is 19.4 Å². The van der Waals surface area contributed by atoms with E-state index in [1.54, 1.807) is 12.4 Å². The Balaban J connectivity index is 1.50. The Labute approximate surface area is 178 Å². The van der Waals surface area contributed by atoms with E-state index in [9.17, 15) is 0 Å². The summed E-state index contributed by atoms with van der Waals surface area (Å²) in [6, 6.07) is 7.99. The average Bonchev–Trinajstić information content (AvgIpc) is 2.79. The number of piperazine rings is 1. The van der Waals surface area contributed by atoms with Crippen LogP contribution in [0, 0.1) is 0 Å². The fourth-order valence-electron chi connectivity index (χ4n) is 3.47. The van der Waals surface area contributed by atoms with E-state index >= 15 is 0 Å². The molecule has 0 amide bonds. The van der Waals surface area contributed by atoms with Crippen LogP contribution in [-0.4, -0.2) is 73.8 Å². The molecule has 1 fully saturated rings. The maximum Gasteiger partial charge on any atom is 0.225 e. The Morgan fingerprint density at radius 1 is 1.03 bits per heavy atom. The van der Waals surface area contributed by atoms with Crippen molar-refractivity contribution in [1.29, 1.82) is 0 Å². The summed E-state index contributed by atoms with van der Waals surface area (Å²) in [4.78, 5) is 17.6. The SMILES string of the molecule is CCOc1ccc(CCNC(=NC)N2CCN(c3ncccn3)CC2)cc1OCC. The first-order valence-electron chi connectivity index (χ1n) is 10.6. The lowest BCUT2D eigenvalue weighted by atomic mass is 10.1. The summed E-state index contributed by atoms with van der Waals surface area (Å²) in [6.45, 7) is 9.53. The minimum atomic E-state index is 0.619. The number of guanidine groups is 1. The molecule has 2 aromatic rings. The fraction of sp³-hybridized carbons (Fsp3) is 0.500. The van der Waals surface area contributed by atoms with E-state index in [1.165, 1.54) is 5.56 Å². The third-order valence-electron chi connectivity index (χ3n) is 4.93. The number of nitrogens with one attached hydrogen (secondary N) is 1. The molecule has 1 aliphatic heterocycles. The maximum atomic E-state index is 5.73. The van der Waals surface area contributed by atoms with Gasteiger partial charge in [-0.1, -0.05) is 6.07 Å². The van der Waals surface area contributed by atoms with Gasteiger partial charge in [-0.25, -0.2) is 9.97 Å². The predicted octanol–water partition coefficient (Wildman–Crippen LogP) is 2.21. The van der Waals surface area contributed by atoms with Crippen LogP contribution in [0.25, 0.3) is 0 Å². The maximum absolute atomic E-state index is 5.73. The van der Waals surface area contributed by atoms with Crippen LogP contribution in [0.15, 0.2) is 41.7 Å². The molecule has 0 radical (unpaired) electrons. The number of nitrogens with zero attached hydrogens (tertiary/aromatic N) is 5. The van der Waals surface area contributed by atoms with Crippen LogP contribution >= 0.6 is 0 Å². The lowest BCUT2D eigenvalue weighted by Gasteiger charge is -2.36. The minimum absolute atomic E-state index is 0.619. The van der Waals surface area contributed by atoms with E-state index in [0.717, 1.165) is 62.6 Å². The molecule has 1 N–H and O–H groups in total. The van der Waals surface area contributed by atoms with Crippen LogP contribution in [-0.2, 0) is 6.42 Å². The quantitative estimate of drug-likeness (QED) is 0.526. The van der Waals surface area contributed by atoms with Gasteiger partial charge in [0.2, 0.25) is 5.95 Å². The summed E-state index contributed by atoms with van der Waals surface area (Å²) in [5, 5.41) is 3.49. The van der Waals surface area contributed by atoms with Crippen molar-refractivity contribution in [3.63, 3.8) is 0 Å². The van der Waals surface area contributed by atoms with E-state index in [4.69, 9.17) is 9.47 Å². The molecule has 0 bridgehead atoms. The zero-order valence-corrected chi connectivity index (χ0v) is 18.2. The van der Waals surface area contributed by atoms with Gasteiger partial charge in [-0.05, 0) is 44.0 Å². The number of ether oxygens (including phenoxy) is 2. The third kappa shape index (κ3) is 5.75. The topological polar surface area (TPSA) is 75.1 Å². The predicted molar refractivity (Wildman–Crippen MR) is 120 cm³/mol. The molecule has 3 rings (SSSR count). The second-order valence-corrected chi connectivity index (χ2v) is 6.89. The molecule has 0 saturated carbocycles. The van der Waals surface area contributed by atoms with Crippen molar-refractivity contribution in [3.05, 3.63) is 42.2 Å². The molecule has 30 heavy (non-hydrogen) atoms. The normalized spacial score (nSPS) is 14.6. The third-order valence-corrected chi connectivity index (χ3v) is 4.93. The van der Waals surface area contributed by atoms with Gasteiger partial charge in [0, 0.05) is 52.2 Å². The van der Waals surface area contributed by atoms with Gasteiger partial charge in [0.25, 0.3) is 0 Å². The Bertz CT molecular complexity index is 807. The Kier molecular flexibility index (Phi) is 8.11. The number of hydrogen-bond donors (Lipinski definition) is 1. The number of anilines is 1. The highest BCUT2D eigenvalue weighted by molar-refractivity contribution is 5.80. The molecule has 0 aliphatic carbocycles. The monoisotopic (exact) mass is 412 g/mol. The first kappa shape index (κ1) is 21.7. The van der Waals surface area contributed by atoms with Gasteiger partial charge in [0.05, 0.1) is 13.2 Å². The minimum Gasteiger partial charge on any atom is -0.490 e. The second-order valence-electron chi connectivity index (χ2n) is 6.89. The first-order valence-corrected chi connectivity index (χ1v) is 10.6. The van der Waals surface area contributed by atoms with Gasteiger partial charge < -0.3 is 24.6 Å². The molecule has 1 aromatic heterocycles. The van der Waals surface area contributed by atoms with E-state index in [-0.39, 0.29) is 0 Å². The molecule has 8 heteroatoms. The lowest BCUT2D eigenvalue weighted by molar-refractivity contribution is 0.287. The number of hydrogen-bond acceptors (Lipinski definition) is 6. The summed E-state index contributed by atoms with van der Waals surface area (Å²) < 4.78 is 11.4. The van der Waals surface area contributed by atoms with E-state index < -0.39 is 0 Å².